The number of hydrogen-bond donors (Lipinski definition) is 2. The van der Waals surface area contributed by atoms with Crippen LogP contribution in [0, 0.1) is 0 Å². The third-order valence-corrected chi connectivity index (χ3v) is 6.16. The highest BCUT2D eigenvalue weighted by molar-refractivity contribution is 7.10. The molecule has 0 aliphatic carbocycles. The second-order valence-corrected chi connectivity index (χ2v) is 7.83. The zero-order valence-corrected chi connectivity index (χ0v) is 15.4. The third kappa shape index (κ3) is 3.22. The van der Waals surface area contributed by atoms with Crippen LogP contribution in [-0.2, 0) is 11.2 Å². The summed E-state index contributed by atoms with van der Waals surface area (Å²) in [5, 5.41) is 6.32. The molecule has 130 valence electrons. The van der Waals surface area contributed by atoms with E-state index in [2.05, 4.69) is 23.7 Å². The number of rotatable bonds is 4. The molecule has 1 amide bonds. The summed E-state index contributed by atoms with van der Waals surface area (Å²) < 4.78 is 5.86. The molecule has 1 aliphatic rings. The zero-order valence-electron chi connectivity index (χ0n) is 14.5. The molecule has 5 heteroatoms. The lowest BCUT2D eigenvalue weighted by atomic mass is 10.0. The first-order valence-corrected chi connectivity index (χ1v) is 9.68. The second kappa shape index (κ2) is 6.65. The van der Waals surface area contributed by atoms with Gasteiger partial charge in [-0.1, -0.05) is 18.2 Å². The number of nitrogens with one attached hydrogen (secondary N) is 2. The summed E-state index contributed by atoms with van der Waals surface area (Å²) >= 11 is 1.83. The van der Waals surface area contributed by atoms with E-state index in [0.717, 1.165) is 29.7 Å². The SMILES string of the molecule is C[C@H](NC(=O)C[NH+]1CCc2sccc2[C@@H]1C)c1cc2ccccc2o1. The van der Waals surface area contributed by atoms with Crippen LogP contribution in [0.1, 0.15) is 42.1 Å². The minimum atomic E-state index is -0.129. The number of para-hydroxylation sites is 1. The molecule has 2 aromatic heterocycles. The predicted octanol–water partition coefficient (Wildman–Crippen LogP) is 2.87. The molecule has 0 saturated heterocycles. The molecule has 1 aliphatic heterocycles. The van der Waals surface area contributed by atoms with Gasteiger partial charge in [-0.05, 0) is 37.4 Å². The fraction of sp³-hybridized carbons (Fsp3) is 0.350. The van der Waals surface area contributed by atoms with E-state index in [1.165, 1.54) is 15.3 Å². The molecule has 0 bridgehead atoms. The molecule has 2 N–H and O–H groups in total. The summed E-state index contributed by atoms with van der Waals surface area (Å²) in [4.78, 5) is 15.3. The molecular formula is C20H23N2O2S+. The van der Waals surface area contributed by atoms with E-state index in [1.807, 2.05) is 48.6 Å². The first-order chi connectivity index (χ1) is 12.1. The van der Waals surface area contributed by atoms with E-state index >= 15 is 0 Å². The maximum absolute atomic E-state index is 12.5. The van der Waals surface area contributed by atoms with Crippen molar-refractivity contribution in [2.24, 2.45) is 0 Å². The third-order valence-electron chi connectivity index (χ3n) is 5.17. The Morgan fingerprint density at radius 1 is 1.40 bits per heavy atom. The molecule has 25 heavy (non-hydrogen) atoms. The fourth-order valence-corrected chi connectivity index (χ4v) is 4.66. The highest BCUT2D eigenvalue weighted by Crippen LogP contribution is 2.25. The van der Waals surface area contributed by atoms with Crippen LogP contribution in [0.3, 0.4) is 0 Å². The van der Waals surface area contributed by atoms with Crippen LogP contribution in [0.4, 0.5) is 0 Å². The van der Waals surface area contributed by atoms with Crippen molar-refractivity contribution in [3.63, 3.8) is 0 Å². The normalized spacial score (nSPS) is 21.0. The second-order valence-electron chi connectivity index (χ2n) is 6.83. The van der Waals surface area contributed by atoms with Gasteiger partial charge in [0.25, 0.3) is 5.91 Å². The van der Waals surface area contributed by atoms with Crippen LogP contribution in [0.15, 0.2) is 46.2 Å². The van der Waals surface area contributed by atoms with Gasteiger partial charge in [0.1, 0.15) is 17.4 Å². The highest BCUT2D eigenvalue weighted by Gasteiger charge is 2.30. The van der Waals surface area contributed by atoms with Crippen LogP contribution >= 0.6 is 11.3 Å². The van der Waals surface area contributed by atoms with Gasteiger partial charge in [0.2, 0.25) is 0 Å². The summed E-state index contributed by atoms with van der Waals surface area (Å²) in [7, 11) is 0. The summed E-state index contributed by atoms with van der Waals surface area (Å²) in [5.41, 5.74) is 2.27. The number of amides is 1. The quantitative estimate of drug-likeness (QED) is 0.756. The van der Waals surface area contributed by atoms with E-state index in [9.17, 15) is 4.79 Å². The number of furan rings is 1. The van der Waals surface area contributed by atoms with Gasteiger partial charge >= 0.3 is 0 Å². The van der Waals surface area contributed by atoms with Crippen molar-refractivity contribution in [3.05, 3.63) is 58.0 Å². The van der Waals surface area contributed by atoms with Crippen LogP contribution < -0.4 is 10.2 Å². The van der Waals surface area contributed by atoms with E-state index in [0.29, 0.717) is 12.6 Å². The largest absolute Gasteiger partial charge is 0.459 e. The number of hydrogen-bond acceptors (Lipinski definition) is 3. The maximum atomic E-state index is 12.5. The average Bonchev–Trinajstić information content (AvgIpc) is 3.24. The Morgan fingerprint density at radius 2 is 2.24 bits per heavy atom. The van der Waals surface area contributed by atoms with Crippen LogP contribution in [0.2, 0.25) is 0 Å². The Labute approximate surface area is 151 Å². The molecule has 0 radical (unpaired) electrons. The van der Waals surface area contributed by atoms with Crippen molar-refractivity contribution in [2.75, 3.05) is 13.1 Å². The van der Waals surface area contributed by atoms with Crippen molar-refractivity contribution in [1.82, 2.24) is 5.32 Å². The topological polar surface area (TPSA) is 46.7 Å². The lowest BCUT2D eigenvalue weighted by Gasteiger charge is -2.30. The number of carbonyl (C=O) groups excluding carboxylic acids is 1. The van der Waals surface area contributed by atoms with E-state index < -0.39 is 0 Å². The minimum absolute atomic E-state index is 0.0773. The van der Waals surface area contributed by atoms with Gasteiger partial charge in [-0.25, -0.2) is 0 Å². The van der Waals surface area contributed by atoms with Gasteiger partial charge in [0, 0.05) is 22.2 Å². The average molecular weight is 355 g/mol. The van der Waals surface area contributed by atoms with Crippen molar-refractivity contribution >= 4 is 28.2 Å². The van der Waals surface area contributed by atoms with E-state index in [-0.39, 0.29) is 11.9 Å². The Bertz CT molecular complexity index is 865. The Kier molecular flexibility index (Phi) is 4.36. The number of thiophene rings is 1. The zero-order chi connectivity index (χ0) is 17.4. The van der Waals surface area contributed by atoms with Crippen molar-refractivity contribution in [2.45, 2.75) is 32.4 Å². The first kappa shape index (κ1) is 16.4. The van der Waals surface area contributed by atoms with Gasteiger partial charge in [-0.2, -0.15) is 0 Å². The molecule has 4 rings (SSSR count). The van der Waals surface area contributed by atoms with E-state index in [4.69, 9.17) is 4.42 Å². The molecule has 0 spiro atoms. The van der Waals surface area contributed by atoms with Gasteiger partial charge in [0.15, 0.2) is 6.54 Å². The number of quaternary nitrogens is 1. The molecule has 1 aromatic carbocycles. The molecule has 1 unspecified atom stereocenters. The predicted molar refractivity (Wildman–Crippen MR) is 99.9 cm³/mol. The van der Waals surface area contributed by atoms with Crippen molar-refractivity contribution in [1.29, 1.82) is 0 Å². The summed E-state index contributed by atoms with van der Waals surface area (Å²) in [6, 6.07) is 12.4. The number of carbonyl (C=O) groups is 1. The fourth-order valence-electron chi connectivity index (χ4n) is 3.68. The van der Waals surface area contributed by atoms with Crippen LogP contribution in [0.25, 0.3) is 11.0 Å². The lowest BCUT2D eigenvalue weighted by Crippen LogP contribution is -3.14. The molecule has 4 nitrogen and oxygen atoms in total. The van der Waals surface area contributed by atoms with Crippen LogP contribution in [0.5, 0.6) is 0 Å². The molecule has 0 fully saturated rings. The number of fused-ring (bicyclic) bond motifs is 2. The first-order valence-electron chi connectivity index (χ1n) is 8.80. The maximum Gasteiger partial charge on any atom is 0.275 e. The highest BCUT2D eigenvalue weighted by atomic mass is 32.1. The van der Waals surface area contributed by atoms with Gasteiger partial charge < -0.3 is 14.6 Å². The molecule has 0 saturated carbocycles. The molecule has 3 heterocycles. The van der Waals surface area contributed by atoms with Crippen molar-refractivity contribution in [3.8, 4) is 0 Å². The molecule has 3 atom stereocenters. The van der Waals surface area contributed by atoms with Crippen LogP contribution in [-0.4, -0.2) is 19.0 Å². The van der Waals surface area contributed by atoms with E-state index in [1.54, 1.807) is 0 Å². The summed E-state index contributed by atoms with van der Waals surface area (Å²) in [5.74, 6) is 0.879. The minimum Gasteiger partial charge on any atom is -0.459 e. The Morgan fingerprint density at radius 3 is 3.08 bits per heavy atom. The van der Waals surface area contributed by atoms with Gasteiger partial charge in [-0.15, -0.1) is 11.3 Å². The summed E-state index contributed by atoms with van der Waals surface area (Å²) in [6.45, 7) is 5.71. The standard InChI is InChI=1S/C20H22N2O2S/c1-13(18-11-15-5-3-4-6-17(15)24-18)21-20(23)12-22-9-7-19-16(14(22)2)8-10-25-19/h3-6,8,10-11,13-14H,7,9,12H2,1-2H3,(H,21,23)/p+1/t13-,14-/m0/s1. The Hall–Kier alpha value is -2.11. The Balaban J connectivity index is 1.40. The number of benzene rings is 1. The molecule has 3 aromatic rings. The van der Waals surface area contributed by atoms with Crippen molar-refractivity contribution < 1.29 is 14.1 Å². The lowest BCUT2D eigenvalue weighted by molar-refractivity contribution is -0.924. The molecular weight excluding hydrogens is 332 g/mol. The van der Waals surface area contributed by atoms with Gasteiger partial charge in [0.05, 0.1) is 12.6 Å². The monoisotopic (exact) mass is 355 g/mol. The smallest absolute Gasteiger partial charge is 0.275 e. The van der Waals surface area contributed by atoms with Gasteiger partial charge in [-0.3, -0.25) is 4.79 Å². The summed E-state index contributed by atoms with van der Waals surface area (Å²) in [6.07, 6.45) is 1.07.